The normalized spacial score (nSPS) is 12.4. The molecule has 1 aromatic heterocycles. The van der Waals surface area contributed by atoms with Crippen LogP contribution < -0.4 is 4.74 Å². The summed E-state index contributed by atoms with van der Waals surface area (Å²) in [5.41, 5.74) is 0.916. The van der Waals surface area contributed by atoms with E-state index in [1.165, 1.54) is 19.1 Å². The van der Waals surface area contributed by atoms with Crippen LogP contribution in [-0.4, -0.2) is 20.1 Å². The zero-order chi connectivity index (χ0) is 13.1. The summed E-state index contributed by atoms with van der Waals surface area (Å²) in [5, 5.41) is 16.9. The molecule has 0 radical (unpaired) electrons. The van der Waals surface area contributed by atoms with Gasteiger partial charge >= 0.3 is 0 Å². The van der Waals surface area contributed by atoms with Crippen molar-refractivity contribution in [2.24, 2.45) is 7.05 Å². The molecule has 5 nitrogen and oxygen atoms in total. The molecular weight excluding hydrogens is 237 g/mol. The van der Waals surface area contributed by atoms with Gasteiger partial charge in [-0.3, -0.25) is 4.68 Å². The summed E-state index contributed by atoms with van der Waals surface area (Å²) in [7, 11) is 1.76. The van der Waals surface area contributed by atoms with E-state index in [4.69, 9.17) is 4.74 Å². The third kappa shape index (κ3) is 2.84. The SMILES string of the molecule is CC(O)c1ccc(OCc2cn(C)nn2)cc1F. The average molecular weight is 251 g/mol. The lowest BCUT2D eigenvalue weighted by Gasteiger charge is -2.09. The lowest BCUT2D eigenvalue weighted by atomic mass is 10.1. The molecule has 0 aliphatic rings. The van der Waals surface area contributed by atoms with Crippen molar-refractivity contribution < 1.29 is 14.2 Å². The zero-order valence-electron chi connectivity index (χ0n) is 10.2. The number of aromatic nitrogens is 3. The molecule has 0 aliphatic carbocycles. The molecule has 0 saturated carbocycles. The summed E-state index contributed by atoms with van der Waals surface area (Å²) >= 11 is 0. The second-order valence-corrected chi connectivity index (χ2v) is 4.03. The number of aryl methyl sites for hydroxylation is 1. The van der Waals surface area contributed by atoms with Crippen LogP contribution in [-0.2, 0) is 13.7 Å². The monoisotopic (exact) mass is 251 g/mol. The van der Waals surface area contributed by atoms with Crippen molar-refractivity contribution in [1.29, 1.82) is 0 Å². The molecule has 18 heavy (non-hydrogen) atoms. The predicted octanol–water partition coefficient (Wildman–Crippen LogP) is 1.59. The fraction of sp³-hybridized carbons (Fsp3) is 0.333. The number of ether oxygens (including phenoxy) is 1. The number of aliphatic hydroxyl groups excluding tert-OH is 1. The first kappa shape index (κ1) is 12.5. The van der Waals surface area contributed by atoms with Crippen molar-refractivity contribution in [3.63, 3.8) is 0 Å². The van der Waals surface area contributed by atoms with Crippen LogP contribution in [0.4, 0.5) is 4.39 Å². The molecule has 1 unspecified atom stereocenters. The second kappa shape index (κ2) is 5.14. The Morgan fingerprint density at radius 2 is 2.28 bits per heavy atom. The number of benzene rings is 1. The van der Waals surface area contributed by atoms with Crippen LogP contribution in [0.25, 0.3) is 0 Å². The van der Waals surface area contributed by atoms with E-state index in [2.05, 4.69) is 10.3 Å². The Bertz CT molecular complexity index is 540. The van der Waals surface area contributed by atoms with Gasteiger partial charge in [-0.1, -0.05) is 5.21 Å². The van der Waals surface area contributed by atoms with Gasteiger partial charge in [-0.15, -0.1) is 5.10 Å². The molecule has 1 aromatic carbocycles. The fourth-order valence-electron chi connectivity index (χ4n) is 1.56. The summed E-state index contributed by atoms with van der Waals surface area (Å²) in [6.45, 7) is 1.74. The Balaban J connectivity index is 2.04. The highest BCUT2D eigenvalue weighted by Gasteiger charge is 2.09. The average Bonchev–Trinajstić information content (AvgIpc) is 2.72. The highest BCUT2D eigenvalue weighted by molar-refractivity contribution is 5.30. The summed E-state index contributed by atoms with van der Waals surface area (Å²) in [4.78, 5) is 0. The smallest absolute Gasteiger partial charge is 0.134 e. The maximum absolute atomic E-state index is 13.6. The predicted molar refractivity (Wildman–Crippen MR) is 62.4 cm³/mol. The van der Waals surface area contributed by atoms with Crippen molar-refractivity contribution in [3.8, 4) is 5.75 Å². The van der Waals surface area contributed by atoms with Crippen LogP contribution in [0, 0.1) is 5.82 Å². The number of rotatable bonds is 4. The Hall–Kier alpha value is -1.95. The van der Waals surface area contributed by atoms with E-state index in [0.717, 1.165) is 0 Å². The van der Waals surface area contributed by atoms with Gasteiger partial charge in [-0.25, -0.2) is 4.39 Å². The van der Waals surface area contributed by atoms with Crippen LogP contribution in [0.5, 0.6) is 5.75 Å². The third-order valence-electron chi connectivity index (χ3n) is 2.46. The third-order valence-corrected chi connectivity index (χ3v) is 2.46. The maximum Gasteiger partial charge on any atom is 0.134 e. The van der Waals surface area contributed by atoms with Crippen molar-refractivity contribution in [2.45, 2.75) is 19.6 Å². The summed E-state index contributed by atoms with van der Waals surface area (Å²) in [6.07, 6.45) is 0.889. The van der Waals surface area contributed by atoms with Crippen LogP contribution in [0.15, 0.2) is 24.4 Å². The Morgan fingerprint density at radius 3 is 2.83 bits per heavy atom. The van der Waals surface area contributed by atoms with E-state index in [-0.39, 0.29) is 12.2 Å². The number of halogens is 1. The molecular formula is C12H14FN3O2. The molecule has 96 valence electrons. The minimum absolute atomic E-state index is 0.224. The summed E-state index contributed by atoms with van der Waals surface area (Å²) in [5.74, 6) is -0.0933. The highest BCUT2D eigenvalue weighted by Crippen LogP contribution is 2.22. The summed E-state index contributed by atoms with van der Waals surface area (Å²) in [6, 6.07) is 4.37. The van der Waals surface area contributed by atoms with E-state index in [1.807, 2.05) is 0 Å². The molecule has 0 fully saturated rings. The molecule has 0 saturated heterocycles. The van der Waals surface area contributed by atoms with Gasteiger partial charge in [-0.05, 0) is 19.1 Å². The van der Waals surface area contributed by atoms with Crippen molar-refractivity contribution in [3.05, 3.63) is 41.5 Å². The molecule has 6 heteroatoms. The molecule has 1 atom stereocenters. The van der Waals surface area contributed by atoms with Crippen LogP contribution in [0.2, 0.25) is 0 Å². The van der Waals surface area contributed by atoms with Gasteiger partial charge in [0.1, 0.15) is 23.9 Å². The number of aliphatic hydroxyl groups is 1. The quantitative estimate of drug-likeness (QED) is 0.896. The first-order valence-electron chi connectivity index (χ1n) is 5.52. The van der Waals surface area contributed by atoms with Crippen LogP contribution in [0.1, 0.15) is 24.3 Å². The van der Waals surface area contributed by atoms with E-state index in [1.54, 1.807) is 24.0 Å². The van der Waals surface area contributed by atoms with E-state index >= 15 is 0 Å². The Morgan fingerprint density at radius 1 is 1.50 bits per heavy atom. The largest absolute Gasteiger partial charge is 0.487 e. The van der Waals surface area contributed by atoms with Crippen molar-refractivity contribution in [1.82, 2.24) is 15.0 Å². The first-order valence-corrected chi connectivity index (χ1v) is 5.52. The van der Waals surface area contributed by atoms with Crippen LogP contribution >= 0.6 is 0 Å². The van der Waals surface area contributed by atoms with Gasteiger partial charge < -0.3 is 9.84 Å². The number of nitrogens with zero attached hydrogens (tertiary/aromatic N) is 3. The van der Waals surface area contributed by atoms with Gasteiger partial charge in [0.2, 0.25) is 0 Å². The van der Waals surface area contributed by atoms with Gasteiger partial charge in [0.25, 0.3) is 0 Å². The topological polar surface area (TPSA) is 60.2 Å². The molecule has 2 aromatic rings. The maximum atomic E-state index is 13.6. The van der Waals surface area contributed by atoms with Gasteiger partial charge in [0.05, 0.1) is 12.3 Å². The highest BCUT2D eigenvalue weighted by atomic mass is 19.1. The molecule has 0 aliphatic heterocycles. The molecule has 1 N–H and O–H groups in total. The van der Waals surface area contributed by atoms with Gasteiger partial charge in [0, 0.05) is 18.7 Å². The van der Waals surface area contributed by atoms with E-state index < -0.39 is 11.9 Å². The van der Waals surface area contributed by atoms with E-state index in [9.17, 15) is 9.50 Å². The molecule has 2 rings (SSSR count). The lowest BCUT2D eigenvalue weighted by Crippen LogP contribution is -1.99. The first-order chi connectivity index (χ1) is 8.56. The lowest BCUT2D eigenvalue weighted by molar-refractivity contribution is 0.193. The van der Waals surface area contributed by atoms with E-state index in [0.29, 0.717) is 11.4 Å². The number of hydrogen-bond acceptors (Lipinski definition) is 4. The van der Waals surface area contributed by atoms with Crippen molar-refractivity contribution >= 4 is 0 Å². The minimum Gasteiger partial charge on any atom is -0.487 e. The number of hydrogen-bond donors (Lipinski definition) is 1. The van der Waals surface area contributed by atoms with Crippen molar-refractivity contribution in [2.75, 3.05) is 0 Å². The second-order valence-electron chi connectivity index (χ2n) is 4.03. The minimum atomic E-state index is -0.834. The van der Waals surface area contributed by atoms with Gasteiger partial charge in [0.15, 0.2) is 0 Å². The van der Waals surface area contributed by atoms with Crippen LogP contribution in [0.3, 0.4) is 0 Å². The molecule has 0 bridgehead atoms. The zero-order valence-corrected chi connectivity index (χ0v) is 10.2. The Labute approximate surface area is 104 Å². The molecule has 0 spiro atoms. The molecule has 0 amide bonds. The van der Waals surface area contributed by atoms with Gasteiger partial charge in [-0.2, -0.15) is 0 Å². The Kier molecular flexibility index (Phi) is 3.57. The fourth-order valence-corrected chi connectivity index (χ4v) is 1.56. The standard InChI is InChI=1S/C12H14FN3O2/c1-8(17)11-4-3-10(5-12(11)13)18-7-9-6-16(2)15-14-9/h3-6,8,17H,7H2,1-2H3. The summed E-state index contributed by atoms with van der Waals surface area (Å²) < 4.78 is 20.5. The molecule has 1 heterocycles.